The first-order valence-electron chi connectivity index (χ1n) is 7.16. The van der Waals surface area contributed by atoms with E-state index in [0.717, 1.165) is 17.9 Å². The van der Waals surface area contributed by atoms with Crippen molar-refractivity contribution >= 4 is 21.6 Å². The molecular weight excluding hydrogens is 254 g/mol. The van der Waals surface area contributed by atoms with Crippen LogP contribution in [-0.2, 0) is 0 Å². The minimum absolute atomic E-state index is 0.236. The molecule has 0 amide bonds. The molecule has 3 N–H and O–H groups in total. The maximum atomic E-state index is 5.73. The molecule has 0 saturated heterocycles. The van der Waals surface area contributed by atoms with Gasteiger partial charge in [0.05, 0.1) is 10.2 Å². The maximum Gasteiger partial charge on any atom is 0.0809 e. The van der Waals surface area contributed by atoms with Gasteiger partial charge in [0.25, 0.3) is 0 Å². The molecule has 2 aromatic heterocycles. The van der Waals surface area contributed by atoms with Gasteiger partial charge in [-0.3, -0.25) is 16.3 Å². The predicted octanol–water partition coefficient (Wildman–Crippen LogP) is 3.77. The van der Waals surface area contributed by atoms with Gasteiger partial charge in [-0.05, 0) is 41.8 Å². The number of hydrogen-bond donors (Lipinski definition) is 2. The van der Waals surface area contributed by atoms with Crippen molar-refractivity contribution in [2.75, 3.05) is 0 Å². The number of rotatable bonds is 5. The highest BCUT2D eigenvalue weighted by molar-refractivity contribution is 7.17. The van der Waals surface area contributed by atoms with Crippen molar-refractivity contribution in [3.63, 3.8) is 0 Å². The molecule has 3 nitrogen and oxygen atoms in total. The lowest BCUT2D eigenvalue weighted by molar-refractivity contribution is 0.416. The van der Waals surface area contributed by atoms with Crippen LogP contribution in [0.25, 0.3) is 10.2 Å². The van der Waals surface area contributed by atoms with Crippen molar-refractivity contribution in [1.29, 1.82) is 0 Å². The van der Waals surface area contributed by atoms with Crippen LogP contribution in [0.2, 0.25) is 0 Å². The molecule has 0 radical (unpaired) electrons. The Bertz CT molecular complexity index is 531. The van der Waals surface area contributed by atoms with Gasteiger partial charge in [0, 0.05) is 12.2 Å². The Balaban J connectivity index is 1.69. The second-order valence-electron chi connectivity index (χ2n) is 5.52. The number of aromatic nitrogens is 1. The Labute approximate surface area is 118 Å². The van der Waals surface area contributed by atoms with Gasteiger partial charge in [0.1, 0.15) is 0 Å². The zero-order valence-electron chi connectivity index (χ0n) is 11.1. The quantitative estimate of drug-likeness (QED) is 0.645. The van der Waals surface area contributed by atoms with E-state index < -0.39 is 0 Å². The van der Waals surface area contributed by atoms with Crippen LogP contribution in [0.15, 0.2) is 23.7 Å². The summed E-state index contributed by atoms with van der Waals surface area (Å²) >= 11 is 1.74. The number of nitrogens with zero attached hydrogens (tertiary/aromatic N) is 1. The maximum absolute atomic E-state index is 5.73. The van der Waals surface area contributed by atoms with Gasteiger partial charge < -0.3 is 0 Å². The summed E-state index contributed by atoms with van der Waals surface area (Å²) in [5.74, 6) is 6.65. The highest BCUT2D eigenvalue weighted by Gasteiger charge is 2.18. The molecule has 4 heteroatoms. The second-order valence-corrected chi connectivity index (χ2v) is 6.47. The molecule has 0 aromatic carbocycles. The summed E-state index contributed by atoms with van der Waals surface area (Å²) in [6.45, 7) is 0. The molecule has 1 aliphatic carbocycles. The number of thiophene rings is 1. The molecule has 1 aliphatic rings. The lowest BCUT2D eigenvalue weighted by atomic mass is 9.96. The lowest BCUT2D eigenvalue weighted by Gasteiger charge is -2.18. The van der Waals surface area contributed by atoms with Crippen molar-refractivity contribution < 1.29 is 0 Å². The van der Waals surface area contributed by atoms with Crippen molar-refractivity contribution in [3.05, 3.63) is 29.3 Å². The summed E-state index contributed by atoms with van der Waals surface area (Å²) in [7, 11) is 0. The van der Waals surface area contributed by atoms with E-state index in [9.17, 15) is 0 Å². The van der Waals surface area contributed by atoms with Crippen LogP contribution in [0.4, 0.5) is 0 Å². The smallest absolute Gasteiger partial charge is 0.0809 e. The molecule has 19 heavy (non-hydrogen) atoms. The normalized spacial score (nSPS) is 18.2. The van der Waals surface area contributed by atoms with Crippen molar-refractivity contribution in [2.45, 2.75) is 44.6 Å². The largest absolute Gasteiger partial charge is 0.271 e. The van der Waals surface area contributed by atoms with E-state index in [1.54, 1.807) is 11.3 Å². The summed E-state index contributed by atoms with van der Waals surface area (Å²) in [6, 6.07) is 4.53. The van der Waals surface area contributed by atoms with E-state index in [-0.39, 0.29) is 6.04 Å². The topological polar surface area (TPSA) is 50.9 Å². The Hall–Kier alpha value is -0.970. The van der Waals surface area contributed by atoms with Gasteiger partial charge in [0.15, 0.2) is 0 Å². The summed E-state index contributed by atoms with van der Waals surface area (Å²) in [6.07, 6.45) is 9.98. The van der Waals surface area contributed by atoms with Crippen LogP contribution in [0, 0.1) is 5.92 Å². The minimum Gasteiger partial charge on any atom is -0.271 e. The summed E-state index contributed by atoms with van der Waals surface area (Å²) in [4.78, 5) is 4.50. The average molecular weight is 275 g/mol. The standard InChI is InChI=1S/C15H21N3S/c16-18-13(6-5-11-3-1-2-4-11)12-9-15-14(17-10-12)7-8-19-15/h7-11,13,18H,1-6,16H2. The number of nitrogens with two attached hydrogens (primary N) is 1. The third-order valence-electron chi connectivity index (χ3n) is 4.27. The van der Waals surface area contributed by atoms with E-state index in [1.165, 1.54) is 42.4 Å². The number of fused-ring (bicyclic) bond motifs is 1. The van der Waals surface area contributed by atoms with Crippen molar-refractivity contribution in [1.82, 2.24) is 10.4 Å². The van der Waals surface area contributed by atoms with Crippen LogP contribution >= 0.6 is 11.3 Å². The zero-order valence-corrected chi connectivity index (χ0v) is 12.0. The zero-order chi connectivity index (χ0) is 13.1. The van der Waals surface area contributed by atoms with E-state index in [2.05, 4.69) is 27.9 Å². The molecule has 1 unspecified atom stereocenters. The number of hydrogen-bond acceptors (Lipinski definition) is 4. The molecule has 1 saturated carbocycles. The Morgan fingerprint density at radius 2 is 2.26 bits per heavy atom. The van der Waals surface area contributed by atoms with E-state index in [1.807, 2.05) is 6.20 Å². The number of nitrogens with one attached hydrogen (secondary N) is 1. The third kappa shape index (κ3) is 2.96. The van der Waals surface area contributed by atoms with Crippen LogP contribution < -0.4 is 11.3 Å². The SMILES string of the molecule is NNC(CCC1CCCC1)c1cnc2ccsc2c1. The number of hydrazine groups is 1. The van der Waals surface area contributed by atoms with Crippen molar-refractivity contribution in [3.8, 4) is 0 Å². The summed E-state index contributed by atoms with van der Waals surface area (Å²) < 4.78 is 1.25. The molecular formula is C15H21N3S. The van der Waals surface area contributed by atoms with Crippen LogP contribution in [0.3, 0.4) is 0 Å². The monoisotopic (exact) mass is 275 g/mol. The summed E-state index contributed by atoms with van der Waals surface area (Å²) in [5, 5.41) is 2.09. The van der Waals surface area contributed by atoms with Crippen LogP contribution in [-0.4, -0.2) is 4.98 Å². The van der Waals surface area contributed by atoms with Gasteiger partial charge in [-0.25, -0.2) is 0 Å². The van der Waals surface area contributed by atoms with Gasteiger partial charge in [-0.2, -0.15) is 0 Å². The van der Waals surface area contributed by atoms with Gasteiger partial charge in [-0.1, -0.05) is 25.7 Å². The summed E-state index contributed by atoms with van der Waals surface area (Å²) in [5.41, 5.74) is 5.27. The van der Waals surface area contributed by atoms with Gasteiger partial charge in [-0.15, -0.1) is 11.3 Å². The first-order valence-corrected chi connectivity index (χ1v) is 8.04. The van der Waals surface area contributed by atoms with Crippen LogP contribution in [0.1, 0.15) is 50.1 Å². The molecule has 2 heterocycles. The van der Waals surface area contributed by atoms with E-state index in [4.69, 9.17) is 5.84 Å². The first kappa shape index (κ1) is 13.0. The fourth-order valence-corrected chi connectivity index (χ4v) is 3.89. The molecule has 0 bridgehead atoms. The van der Waals surface area contributed by atoms with Crippen molar-refractivity contribution in [2.24, 2.45) is 11.8 Å². The molecule has 1 atom stereocenters. The lowest BCUT2D eigenvalue weighted by Crippen LogP contribution is -2.28. The highest BCUT2D eigenvalue weighted by Crippen LogP contribution is 2.32. The molecule has 0 spiro atoms. The van der Waals surface area contributed by atoms with E-state index in [0.29, 0.717) is 0 Å². The Morgan fingerprint density at radius 1 is 1.42 bits per heavy atom. The minimum atomic E-state index is 0.236. The fraction of sp³-hybridized carbons (Fsp3) is 0.533. The van der Waals surface area contributed by atoms with Crippen LogP contribution in [0.5, 0.6) is 0 Å². The van der Waals surface area contributed by atoms with Gasteiger partial charge in [0.2, 0.25) is 0 Å². The fourth-order valence-electron chi connectivity index (χ4n) is 3.10. The second kappa shape index (κ2) is 5.99. The van der Waals surface area contributed by atoms with Gasteiger partial charge >= 0.3 is 0 Å². The molecule has 0 aliphatic heterocycles. The molecule has 102 valence electrons. The highest BCUT2D eigenvalue weighted by atomic mass is 32.1. The van der Waals surface area contributed by atoms with E-state index >= 15 is 0 Å². The third-order valence-corrected chi connectivity index (χ3v) is 5.12. The number of pyridine rings is 1. The molecule has 2 aromatic rings. The first-order chi connectivity index (χ1) is 9.36. The Morgan fingerprint density at radius 3 is 3.05 bits per heavy atom. The average Bonchev–Trinajstić information content (AvgIpc) is 3.09. The molecule has 3 rings (SSSR count). The Kier molecular flexibility index (Phi) is 4.11. The molecule has 1 fully saturated rings. The predicted molar refractivity (Wildman–Crippen MR) is 80.9 cm³/mol.